The highest BCUT2D eigenvalue weighted by Crippen LogP contribution is 2.53. The summed E-state index contributed by atoms with van der Waals surface area (Å²) in [4.78, 5) is 50.6. The number of alkyl carbamates (subject to hydrolysis) is 1. The third-order valence-corrected chi connectivity index (χ3v) is 8.59. The summed E-state index contributed by atoms with van der Waals surface area (Å²) in [6.45, 7) is 9.42. The molecule has 0 spiro atoms. The van der Waals surface area contributed by atoms with Crippen LogP contribution in [0.2, 0.25) is 0 Å². The van der Waals surface area contributed by atoms with E-state index >= 15 is 0 Å². The fraction of sp³-hybridized carbons (Fsp3) is 0.467. The number of thioether (sulfide) groups is 1. The van der Waals surface area contributed by atoms with Crippen molar-refractivity contribution < 1.29 is 37.5 Å². The molecule has 2 rings (SSSR count). The molecule has 4 amide bonds. The zero-order valence-electron chi connectivity index (χ0n) is 26.1. The van der Waals surface area contributed by atoms with Gasteiger partial charge in [-0.1, -0.05) is 36.4 Å². The first-order valence-electron chi connectivity index (χ1n) is 14.1. The number of para-hydroxylation sites is 2. The van der Waals surface area contributed by atoms with E-state index in [4.69, 9.17) is 13.8 Å². The Hall–Kier alpha value is -3.70. The largest absolute Gasteiger partial charge is 0.452 e. The van der Waals surface area contributed by atoms with Crippen LogP contribution in [0.25, 0.3) is 0 Å². The third kappa shape index (κ3) is 12.5. The highest BCUT2D eigenvalue weighted by atomic mass is 32.2. The first-order chi connectivity index (χ1) is 20.6. The van der Waals surface area contributed by atoms with E-state index < -0.39 is 60.9 Å². The number of hydrogen-bond acceptors (Lipinski definition) is 9. The summed E-state index contributed by atoms with van der Waals surface area (Å²) in [7, 11) is -4.06. The van der Waals surface area contributed by atoms with Crippen LogP contribution in [0.4, 0.5) is 4.79 Å². The van der Waals surface area contributed by atoms with Crippen molar-refractivity contribution in [3.8, 4) is 11.5 Å². The van der Waals surface area contributed by atoms with E-state index in [2.05, 4.69) is 21.3 Å². The number of ether oxygens (including phenoxy) is 1. The molecule has 0 aromatic heterocycles. The molecule has 0 radical (unpaired) electrons. The fourth-order valence-electron chi connectivity index (χ4n) is 3.59. The number of hydrogen-bond donors (Lipinski definition) is 4. The summed E-state index contributed by atoms with van der Waals surface area (Å²) in [5.41, 5.74) is -0.742. The zero-order chi connectivity index (χ0) is 32.9. The van der Waals surface area contributed by atoms with Crippen molar-refractivity contribution in [2.45, 2.75) is 77.5 Å². The summed E-state index contributed by atoms with van der Waals surface area (Å²) in [6, 6.07) is 13.9. The van der Waals surface area contributed by atoms with E-state index in [1.54, 1.807) is 81.4 Å². The molecule has 0 saturated carbocycles. The molecule has 0 aliphatic heterocycles. The van der Waals surface area contributed by atoms with Gasteiger partial charge in [-0.3, -0.25) is 14.4 Å². The van der Waals surface area contributed by atoms with Gasteiger partial charge in [0.05, 0.1) is 0 Å². The van der Waals surface area contributed by atoms with Gasteiger partial charge in [0.15, 0.2) is 5.78 Å². The molecule has 4 atom stereocenters. The molecule has 0 aliphatic carbocycles. The highest BCUT2D eigenvalue weighted by molar-refractivity contribution is 7.98. The fourth-order valence-corrected chi connectivity index (χ4v) is 6.09. The monoisotopic (exact) mass is 650 g/mol. The van der Waals surface area contributed by atoms with Gasteiger partial charge in [0, 0.05) is 0 Å². The Morgan fingerprint density at radius 2 is 1.14 bits per heavy atom. The van der Waals surface area contributed by atoms with Crippen molar-refractivity contribution in [1.82, 2.24) is 21.3 Å². The van der Waals surface area contributed by atoms with Crippen LogP contribution in [0.1, 0.15) is 48.0 Å². The summed E-state index contributed by atoms with van der Waals surface area (Å²) in [6.07, 6.45) is 1.35. The molecule has 0 heterocycles. The minimum atomic E-state index is -4.06. The number of carbonyl (C=O) groups excluding carboxylic acids is 4. The number of carbonyl (C=O) groups is 4. The number of nitrogens with one attached hydrogen (secondary N) is 4. The second-order valence-corrected chi connectivity index (χ2v) is 14.0. The van der Waals surface area contributed by atoms with E-state index in [1.807, 2.05) is 6.26 Å². The summed E-state index contributed by atoms with van der Waals surface area (Å²) >= 11 is 1.50. The average Bonchev–Trinajstić information content (AvgIpc) is 2.94. The van der Waals surface area contributed by atoms with E-state index in [0.717, 1.165) is 0 Å². The van der Waals surface area contributed by atoms with Gasteiger partial charge in [0.1, 0.15) is 35.2 Å². The first-order valence-corrected chi connectivity index (χ1v) is 17.1. The lowest BCUT2D eigenvalue weighted by molar-refractivity contribution is -0.132. The molecule has 242 valence electrons. The minimum absolute atomic E-state index is 0.250. The molecule has 4 N–H and O–H groups in total. The number of benzene rings is 2. The molecule has 12 nitrogen and oxygen atoms in total. The lowest BCUT2D eigenvalue weighted by Crippen LogP contribution is -2.55. The van der Waals surface area contributed by atoms with Crippen LogP contribution in [0.5, 0.6) is 11.5 Å². The minimum Gasteiger partial charge on any atom is -0.444 e. The van der Waals surface area contributed by atoms with Crippen molar-refractivity contribution in [3.63, 3.8) is 0 Å². The smallest absolute Gasteiger partial charge is 0.444 e. The lowest BCUT2D eigenvalue weighted by atomic mass is 10.2. The van der Waals surface area contributed by atoms with Crippen molar-refractivity contribution in [1.29, 1.82) is 0 Å². The maximum Gasteiger partial charge on any atom is 0.452 e. The van der Waals surface area contributed by atoms with E-state index in [9.17, 15) is 23.7 Å². The number of amides is 4. The Morgan fingerprint density at radius 1 is 0.727 bits per heavy atom. The molecule has 0 saturated heterocycles. The van der Waals surface area contributed by atoms with Gasteiger partial charge in [0.25, 0.3) is 0 Å². The zero-order valence-corrected chi connectivity index (χ0v) is 27.8. The summed E-state index contributed by atoms with van der Waals surface area (Å²) < 4.78 is 31.3. The van der Waals surface area contributed by atoms with Crippen molar-refractivity contribution in [2.75, 3.05) is 12.0 Å². The Labute approximate surface area is 263 Å². The molecule has 14 heteroatoms. The van der Waals surface area contributed by atoms with Gasteiger partial charge in [-0.05, 0) is 84.2 Å². The van der Waals surface area contributed by atoms with Gasteiger partial charge in [-0.2, -0.15) is 11.8 Å². The Kier molecular flexibility index (Phi) is 14.1. The van der Waals surface area contributed by atoms with E-state index in [0.29, 0.717) is 17.3 Å². The molecule has 0 unspecified atom stereocenters. The van der Waals surface area contributed by atoms with Gasteiger partial charge < -0.3 is 35.1 Å². The molecule has 44 heavy (non-hydrogen) atoms. The van der Waals surface area contributed by atoms with Gasteiger partial charge in [0.2, 0.25) is 17.7 Å². The molecule has 2 aromatic carbocycles. The van der Waals surface area contributed by atoms with Crippen molar-refractivity contribution >= 4 is 43.2 Å². The molecule has 0 bridgehead atoms. The van der Waals surface area contributed by atoms with Gasteiger partial charge in [-0.25, -0.2) is 9.36 Å². The average molecular weight is 651 g/mol. The topological polar surface area (TPSA) is 161 Å². The van der Waals surface area contributed by atoms with Crippen molar-refractivity contribution in [3.05, 3.63) is 60.7 Å². The molecule has 0 fully saturated rings. The highest BCUT2D eigenvalue weighted by Gasteiger charge is 2.41. The molecular weight excluding hydrogens is 607 g/mol. The second-order valence-electron chi connectivity index (χ2n) is 11.0. The molecule has 0 aliphatic rings. The maximum absolute atomic E-state index is 14.3. The predicted molar refractivity (Wildman–Crippen MR) is 171 cm³/mol. The molecular formula is C30H43N4O8PS. The van der Waals surface area contributed by atoms with Crippen molar-refractivity contribution in [2.24, 2.45) is 0 Å². The van der Waals surface area contributed by atoms with Crippen LogP contribution < -0.4 is 30.3 Å². The molecule has 2 aromatic rings. The van der Waals surface area contributed by atoms with Crippen LogP contribution >= 0.6 is 19.4 Å². The lowest BCUT2D eigenvalue weighted by Gasteiger charge is -2.29. The van der Waals surface area contributed by atoms with Crippen LogP contribution in [-0.4, -0.2) is 65.3 Å². The Balaban J connectivity index is 2.10. The third-order valence-electron chi connectivity index (χ3n) is 5.87. The first kappa shape index (κ1) is 36.5. The quantitative estimate of drug-likeness (QED) is 0.204. The van der Waals surface area contributed by atoms with Gasteiger partial charge >= 0.3 is 13.7 Å². The second kappa shape index (κ2) is 17.0. The van der Waals surface area contributed by atoms with Crippen LogP contribution in [0.15, 0.2) is 60.7 Å². The van der Waals surface area contributed by atoms with Gasteiger partial charge in [-0.15, -0.1) is 0 Å². The van der Waals surface area contributed by atoms with Crippen LogP contribution in [-0.2, 0) is 23.7 Å². The van der Waals surface area contributed by atoms with Crippen LogP contribution in [0, 0.1) is 0 Å². The van der Waals surface area contributed by atoms with E-state index in [-0.39, 0.29) is 6.42 Å². The number of rotatable bonds is 15. The Morgan fingerprint density at radius 3 is 1.55 bits per heavy atom. The summed E-state index contributed by atoms with van der Waals surface area (Å²) in [5, 5.41) is 10.2. The standard InChI is InChI=1S/C30H43N4O8PS/c1-20(31-27(36)22(3)33-29(38)40-30(4,5)6)26(35)32-21(2)28(37)34-25(18-19-44-7)43(39,41-23-14-10-8-11-15-23)42-24-16-12-9-13-17-24/h8-17,20-22,25H,18-19H2,1-7H3,(H,31,36)(H,32,35)(H,33,38)(H,34,37)/t20-,21-,22-,25+/m0/s1. The Bertz CT molecular complexity index is 1250. The normalized spacial score (nSPS) is 14.2. The predicted octanol–water partition coefficient (Wildman–Crippen LogP) is 4.46. The van der Waals surface area contributed by atoms with Crippen LogP contribution in [0.3, 0.4) is 0 Å². The van der Waals surface area contributed by atoms with E-state index in [1.165, 1.54) is 32.5 Å². The summed E-state index contributed by atoms with van der Waals surface area (Å²) in [5.74, 6) is -1.81. The SMILES string of the molecule is CSCC[C@H](NC(=O)[C@H](C)NC(=O)[C@H](C)NC(=O)[C@H](C)NC(=O)OC(C)(C)C)P(=O)(Oc1ccccc1)Oc1ccccc1. The maximum atomic E-state index is 14.3.